The summed E-state index contributed by atoms with van der Waals surface area (Å²) in [6.07, 6.45) is 13.4. The maximum Gasteiger partial charge on any atom is 0.302 e. The molecule has 0 aromatic heterocycles. The lowest BCUT2D eigenvalue weighted by Gasteiger charge is -2.56. The Morgan fingerprint density at radius 2 is 2.00 bits per heavy atom. The average Bonchev–Trinajstić information content (AvgIpc) is 3.12. The van der Waals surface area contributed by atoms with E-state index in [2.05, 4.69) is 13.0 Å². The molecule has 0 bridgehead atoms. The minimum absolute atomic E-state index is 0.0936. The summed E-state index contributed by atoms with van der Waals surface area (Å²) >= 11 is 0. The van der Waals surface area contributed by atoms with Crippen LogP contribution >= 0.6 is 0 Å². The van der Waals surface area contributed by atoms with Gasteiger partial charge in [0.15, 0.2) is 0 Å². The van der Waals surface area contributed by atoms with Crippen molar-refractivity contribution in [3.8, 4) is 0 Å². The molecule has 0 aromatic rings. The summed E-state index contributed by atoms with van der Waals surface area (Å²) in [6, 6.07) is 0. The summed E-state index contributed by atoms with van der Waals surface area (Å²) in [4.78, 5) is 11.4. The third-order valence-electron chi connectivity index (χ3n) is 9.80. The van der Waals surface area contributed by atoms with E-state index < -0.39 is 0 Å². The molecule has 4 fully saturated rings. The number of carbonyl (C=O) groups is 1. The minimum Gasteiger partial charge on any atom is -0.462 e. The number of allylic oxidation sites excluding steroid dienone is 1. The number of hydrogen-bond donors (Lipinski definition) is 1. The lowest BCUT2D eigenvalue weighted by atomic mass is 9.49. The van der Waals surface area contributed by atoms with Crippen LogP contribution in [-0.4, -0.2) is 23.3 Å². The fourth-order valence-electron chi connectivity index (χ4n) is 8.55. The van der Waals surface area contributed by atoms with Gasteiger partial charge in [0.1, 0.15) is 6.10 Å². The van der Waals surface area contributed by atoms with Gasteiger partial charge in [-0.25, -0.2) is 0 Å². The van der Waals surface area contributed by atoms with Gasteiger partial charge in [-0.1, -0.05) is 18.6 Å². The summed E-state index contributed by atoms with van der Waals surface area (Å²) in [5, 5.41) is 10.5. The minimum atomic E-state index is -0.137. The number of aliphatic hydroxyl groups excluding tert-OH is 1. The maximum atomic E-state index is 11.4. The molecule has 0 heterocycles. The molecule has 5 rings (SSSR count). The van der Waals surface area contributed by atoms with Gasteiger partial charge in [0.05, 0.1) is 6.10 Å². The molecule has 0 radical (unpaired) electrons. The normalized spacial score (nSPS) is 52.7. The van der Waals surface area contributed by atoms with E-state index in [0.717, 1.165) is 30.6 Å². The molecule has 1 spiro atoms. The molecule has 144 valence electrons. The lowest BCUT2D eigenvalue weighted by molar-refractivity contribution is -0.148. The molecule has 3 heteroatoms. The first-order chi connectivity index (χ1) is 12.3. The quantitative estimate of drug-likeness (QED) is 0.578. The van der Waals surface area contributed by atoms with E-state index in [-0.39, 0.29) is 23.6 Å². The first-order valence-electron chi connectivity index (χ1n) is 10.9. The molecule has 8 atom stereocenters. The van der Waals surface area contributed by atoms with Crippen molar-refractivity contribution >= 4 is 5.97 Å². The molecule has 4 saturated carbocycles. The van der Waals surface area contributed by atoms with Crippen LogP contribution in [0.15, 0.2) is 11.6 Å². The van der Waals surface area contributed by atoms with Crippen molar-refractivity contribution in [3.05, 3.63) is 11.6 Å². The Labute approximate surface area is 157 Å². The average molecular weight is 359 g/mol. The molecule has 0 unspecified atom stereocenters. The monoisotopic (exact) mass is 358 g/mol. The number of aliphatic hydroxyl groups is 1. The van der Waals surface area contributed by atoms with Crippen LogP contribution in [0.2, 0.25) is 0 Å². The van der Waals surface area contributed by atoms with Gasteiger partial charge in [-0.2, -0.15) is 0 Å². The van der Waals surface area contributed by atoms with Gasteiger partial charge < -0.3 is 9.84 Å². The van der Waals surface area contributed by atoms with Crippen molar-refractivity contribution in [2.45, 2.75) is 90.8 Å². The highest BCUT2D eigenvalue weighted by molar-refractivity contribution is 5.66. The number of rotatable bonds is 2. The second-order valence-electron chi connectivity index (χ2n) is 10.5. The van der Waals surface area contributed by atoms with E-state index in [9.17, 15) is 9.90 Å². The van der Waals surface area contributed by atoms with Crippen LogP contribution in [0.4, 0.5) is 0 Å². The Balaban J connectivity index is 1.40. The number of esters is 1. The topological polar surface area (TPSA) is 46.5 Å². The summed E-state index contributed by atoms with van der Waals surface area (Å²) in [7, 11) is 0. The molecular formula is C23H34O3. The Kier molecular flexibility index (Phi) is 3.57. The summed E-state index contributed by atoms with van der Waals surface area (Å²) in [6.45, 7) is 6.07. The van der Waals surface area contributed by atoms with Crippen molar-refractivity contribution < 1.29 is 14.6 Å². The highest BCUT2D eigenvalue weighted by atomic mass is 16.5. The van der Waals surface area contributed by atoms with Gasteiger partial charge >= 0.3 is 5.97 Å². The molecule has 1 N–H and O–H groups in total. The number of hydrogen-bond acceptors (Lipinski definition) is 3. The molecule has 5 aliphatic rings. The fraction of sp³-hybridized carbons (Fsp3) is 0.870. The summed E-state index contributed by atoms with van der Waals surface area (Å²) < 4.78 is 5.55. The van der Waals surface area contributed by atoms with Crippen molar-refractivity contribution in [1.29, 1.82) is 0 Å². The SMILES string of the molecule is CC(=O)O[C@H]1CC[C@@]2(C)C(=CC[C@H]3[C@@H]4CC[C@]5([C@@H](C)O)C[C@]45CC[C@@H]32)C1. The third-order valence-corrected chi connectivity index (χ3v) is 9.80. The zero-order chi connectivity index (χ0) is 18.3. The molecule has 5 aliphatic carbocycles. The van der Waals surface area contributed by atoms with Crippen molar-refractivity contribution in [2.24, 2.45) is 34.0 Å². The Morgan fingerprint density at radius 1 is 1.23 bits per heavy atom. The highest BCUT2D eigenvalue weighted by Gasteiger charge is 2.77. The van der Waals surface area contributed by atoms with Crippen molar-refractivity contribution in [1.82, 2.24) is 0 Å². The highest BCUT2D eigenvalue weighted by Crippen LogP contribution is 2.83. The smallest absolute Gasteiger partial charge is 0.302 e. The zero-order valence-electron chi connectivity index (χ0n) is 16.6. The van der Waals surface area contributed by atoms with Gasteiger partial charge in [0.2, 0.25) is 0 Å². The van der Waals surface area contributed by atoms with E-state index in [4.69, 9.17) is 4.74 Å². The molecule has 0 amide bonds. The molecule has 0 aromatic carbocycles. The van der Waals surface area contributed by atoms with Crippen LogP contribution in [0.1, 0.15) is 78.6 Å². The second kappa shape index (κ2) is 5.37. The first kappa shape index (κ1) is 17.3. The Bertz CT molecular complexity index is 666. The van der Waals surface area contributed by atoms with Crippen LogP contribution in [0.25, 0.3) is 0 Å². The van der Waals surface area contributed by atoms with E-state index >= 15 is 0 Å². The number of ether oxygens (including phenoxy) is 1. The molecule has 3 nitrogen and oxygen atoms in total. The van der Waals surface area contributed by atoms with Crippen molar-refractivity contribution in [2.75, 3.05) is 0 Å². The molecule has 26 heavy (non-hydrogen) atoms. The van der Waals surface area contributed by atoms with Crippen LogP contribution in [0, 0.1) is 34.0 Å². The summed E-state index contributed by atoms with van der Waals surface area (Å²) in [5.74, 6) is 2.30. The number of fused-ring (bicyclic) bond motifs is 4. The summed E-state index contributed by atoms with van der Waals surface area (Å²) in [5.41, 5.74) is 2.62. The van der Waals surface area contributed by atoms with Crippen molar-refractivity contribution in [3.63, 3.8) is 0 Å². The van der Waals surface area contributed by atoms with E-state index in [1.165, 1.54) is 51.9 Å². The van der Waals surface area contributed by atoms with Crippen LogP contribution in [0.3, 0.4) is 0 Å². The van der Waals surface area contributed by atoms with E-state index in [1.807, 2.05) is 6.92 Å². The van der Waals surface area contributed by atoms with E-state index in [0.29, 0.717) is 10.8 Å². The second-order valence-corrected chi connectivity index (χ2v) is 10.5. The van der Waals surface area contributed by atoms with Crippen LogP contribution in [0.5, 0.6) is 0 Å². The fourth-order valence-corrected chi connectivity index (χ4v) is 8.55. The van der Waals surface area contributed by atoms with Gasteiger partial charge in [-0.15, -0.1) is 0 Å². The predicted octanol–water partition coefficient (Wildman–Crippen LogP) is 4.63. The molecular weight excluding hydrogens is 324 g/mol. The molecule has 0 aliphatic heterocycles. The Hall–Kier alpha value is -0.830. The standard InChI is InChI=1S/C23H34O3/c1-14(24)22-10-8-20-18-5-4-16-12-17(26-15(2)25)6-9-21(16,3)19(18)7-11-23(20,22)13-22/h4,14,17-20,24H,5-13H2,1-3H3/t14-,17+,18-,19+,20+,21+,22-,23-/m1/s1. The van der Waals surface area contributed by atoms with Crippen LogP contribution in [-0.2, 0) is 9.53 Å². The molecule has 0 saturated heterocycles. The maximum absolute atomic E-state index is 11.4. The van der Waals surface area contributed by atoms with Gasteiger partial charge in [0, 0.05) is 18.8 Å². The first-order valence-corrected chi connectivity index (χ1v) is 10.9. The van der Waals surface area contributed by atoms with Gasteiger partial charge in [0.25, 0.3) is 0 Å². The third kappa shape index (κ3) is 2.02. The predicted molar refractivity (Wildman–Crippen MR) is 100 cm³/mol. The zero-order valence-corrected chi connectivity index (χ0v) is 16.6. The van der Waals surface area contributed by atoms with Gasteiger partial charge in [-0.05, 0) is 86.9 Å². The van der Waals surface area contributed by atoms with E-state index in [1.54, 1.807) is 5.57 Å². The number of carbonyl (C=O) groups excluding carboxylic acids is 1. The lowest BCUT2D eigenvalue weighted by Crippen LogP contribution is -2.48. The Morgan fingerprint density at radius 3 is 2.69 bits per heavy atom. The largest absolute Gasteiger partial charge is 0.462 e. The van der Waals surface area contributed by atoms with Crippen LogP contribution < -0.4 is 0 Å². The van der Waals surface area contributed by atoms with Gasteiger partial charge in [-0.3, -0.25) is 4.79 Å².